The van der Waals surface area contributed by atoms with Gasteiger partial charge in [0.2, 0.25) is 0 Å². The lowest BCUT2D eigenvalue weighted by Crippen LogP contribution is -1.91. The largest absolute Gasteiger partial charge is 0.269 e. The molecule has 1 aromatic heterocycles. The van der Waals surface area contributed by atoms with Gasteiger partial charge < -0.3 is 0 Å². The van der Waals surface area contributed by atoms with Crippen LogP contribution >= 0.6 is 0 Å². The van der Waals surface area contributed by atoms with E-state index in [0.29, 0.717) is 0 Å². The van der Waals surface area contributed by atoms with E-state index in [-0.39, 0.29) is 0 Å². The number of aliphatic imine (C=N–C) groups is 2. The van der Waals surface area contributed by atoms with Crippen LogP contribution in [0.1, 0.15) is 85.1 Å². The lowest BCUT2D eigenvalue weighted by molar-refractivity contribution is 0.994. The number of rotatable bonds is 6. The van der Waals surface area contributed by atoms with Gasteiger partial charge in [-0.3, -0.25) is 15.0 Å². The average Bonchev–Trinajstić information content (AvgIpc) is 3.02. The van der Waals surface area contributed by atoms with Crippen molar-refractivity contribution in [3.05, 3.63) is 132 Å². The third-order valence-corrected chi connectivity index (χ3v) is 5.21. The summed E-state index contributed by atoms with van der Waals surface area (Å²) in [4.78, 5) is 12.6. The highest BCUT2D eigenvalue weighted by Crippen LogP contribution is 2.20. The number of pyridine rings is 1. The monoisotopic (exact) mass is 549 g/mol. The molecule has 0 N–H and O–H groups in total. The van der Waals surface area contributed by atoms with Gasteiger partial charge in [-0.2, -0.15) is 0 Å². The highest BCUT2D eigenvalue weighted by Gasteiger charge is 2.03. The van der Waals surface area contributed by atoms with E-state index in [0.717, 1.165) is 40.9 Å². The molecule has 0 saturated heterocycles. The Labute approximate surface area is 251 Å². The molecule has 41 heavy (non-hydrogen) atoms. The van der Waals surface area contributed by atoms with Crippen LogP contribution in [0.4, 0.5) is 0 Å². The molecule has 0 unspecified atom stereocenters. The molecule has 0 saturated carbocycles. The van der Waals surface area contributed by atoms with Crippen molar-refractivity contribution in [3.63, 3.8) is 0 Å². The normalized spacial score (nSPS) is 12.1. The van der Waals surface area contributed by atoms with Crippen molar-refractivity contribution in [2.45, 2.75) is 74.7 Å². The molecule has 0 aliphatic carbocycles. The minimum atomic E-state index is 0.823. The number of hydrogen-bond acceptors (Lipinski definition) is 3. The molecular weight excluding hydrogens is 498 g/mol. The third kappa shape index (κ3) is 19.4. The average molecular weight is 550 g/mol. The predicted octanol–water partition coefficient (Wildman–Crippen LogP) is 10.8. The maximum Gasteiger partial charge on any atom is 0.0734 e. The maximum absolute atomic E-state index is 5.36. The molecule has 0 fully saturated rings. The molecule has 0 spiro atoms. The van der Waals surface area contributed by atoms with E-state index in [4.69, 9.17) is 6.42 Å². The van der Waals surface area contributed by atoms with E-state index in [9.17, 15) is 0 Å². The smallest absolute Gasteiger partial charge is 0.0734 e. The molecular formula is C38H51N3. The van der Waals surface area contributed by atoms with Gasteiger partial charge in [0.25, 0.3) is 0 Å². The predicted molar refractivity (Wildman–Crippen MR) is 187 cm³/mol. The minimum Gasteiger partial charge on any atom is -0.269 e. The summed E-state index contributed by atoms with van der Waals surface area (Å²) < 4.78 is 0. The number of aromatic nitrogens is 1. The van der Waals surface area contributed by atoms with Gasteiger partial charge in [0, 0.05) is 36.5 Å². The molecule has 218 valence electrons. The zero-order valence-electron chi connectivity index (χ0n) is 26.7. The van der Waals surface area contributed by atoms with E-state index in [1.165, 1.54) is 17.6 Å². The van der Waals surface area contributed by atoms with Gasteiger partial charge >= 0.3 is 0 Å². The number of allylic oxidation sites excluding steroid dienone is 7. The van der Waals surface area contributed by atoms with Crippen molar-refractivity contribution in [2.75, 3.05) is 0 Å². The van der Waals surface area contributed by atoms with Gasteiger partial charge in [-0.1, -0.05) is 86.6 Å². The molecule has 3 heteroatoms. The second-order valence-electron chi connectivity index (χ2n) is 8.49. The molecule has 0 bridgehead atoms. The fourth-order valence-corrected chi connectivity index (χ4v) is 2.99. The van der Waals surface area contributed by atoms with Crippen LogP contribution in [-0.4, -0.2) is 17.4 Å². The second-order valence-corrected chi connectivity index (χ2v) is 8.49. The Bertz CT molecular complexity index is 1190. The van der Waals surface area contributed by atoms with Crippen LogP contribution < -0.4 is 0 Å². The third-order valence-electron chi connectivity index (χ3n) is 5.21. The van der Waals surface area contributed by atoms with E-state index in [2.05, 4.69) is 71.3 Å². The summed E-state index contributed by atoms with van der Waals surface area (Å²) >= 11 is 0. The number of terminal acetylenes is 1. The van der Waals surface area contributed by atoms with Gasteiger partial charge in [0.05, 0.1) is 11.4 Å². The first-order valence-corrected chi connectivity index (χ1v) is 14.2. The standard InChI is InChI=1S/C23H22N2.C6H9N.C4H8.C3H6.C2H6/c1-5-9-22(24-6-2)18(3)11-12-20-13-15-21(16-14-20)19(4)23-10-7-8-17-25-23;1-6-3-2-4-7-5-6;1-3-4-2;1-3-2;1-2/h1,6-11,13-17H,4,12H2,2-3H3;4-5H,2-3H2,1H3;3-4H,1-2H3;3H,1H2,2H3;1-2H3/b18-11+,22-9-,24-6?;;4-3-;;. The maximum atomic E-state index is 5.36. The first-order chi connectivity index (χ1) is 19.9. The van der Waals surface area contributed by atoms with E-state index in [1.807, 2.05) is 91.2 Å². The Hall–Kier alpha value is -4.29. The first kappa shape index (κ1) is 38.9. The van der Waals surface area contributed by atoms with Crippen molar-refractivity contribution in [2.24, 2.45) is 9.98 Å². The topological polar surface area (TPSA) is 37.6 Å². The van der Waals surface area contributed by atoms with Crippen molar-refractivity contribution in [3.8, 4) is 12.3 Å². The molecule has 2 aromatic rings. The number of hydrogen-bond donors (Lipinski definition) is 0. The summed E-state index contributed by atoms with van der Waals surface area (Å²) in [5.41, 5.74) is 7.40. The quantitative estimate of drug-likeness (QED) is 0.153. The van der Waals surface area contributed by atoms with E-state index >= 15 is 0 Å². The van der Waals surface area contributed by atoms with Crippen LogP contribution in [0.5, 0.6) is 0 Å². The number of benzene rings is 1. The Kier molecular flexibility index (Phi) is 25.9. The van der Waals surface area contributed by atoms with Crippen molar-refractivity contribution in [1.29, 1.82) is 0 Å². The SMILES string of the molecule is C#C/C=C(N=CC)/C(C)=C/Cc1ccc(C(=C)c2ccccn2)cc1.C/C=C\C.C=CC.CC.CC1=CN=CCC1. The Balaban J connectivity index is 0. The summed E-state index contributed by atoms with van der Waals surface area (Å²) in [7, 11) is 0. The van der Waals surface area contributed by atoms with Crippen molar-refractivity contribution >= 4 is 18.0 Å². The van der Waals surface area contributed by atoms with Crippen LogP contribution in [-0.2, 0) is 6.42 Å². The Morgan fingerprint density at radius 3 is 2.10 bits per heavy atom. The summed E-state index contributed by atoms with van der Waals surface area (Å²) in [5.74, 6) is 2.53. The Morgan fingerprint density at radius 1 is 1.05 bits per heavy atom. The van der Waals surface area contributed by atoms with E-state index in [1.54, 1.807) is 24.6 Å². The molecule has 2 heterocycles. The van der Waals surface area contributed by atoms with Crippen LogP contribution in [0.2, 0.25) is 0 Å². The molecule has 0 radical (unpaired) electrons. The van der Waals surface area contributed by atoms with Crippen LogP contribution in [0.25, 0.3) is 5.57 Å². The van der Waals surface area contributed by atoms with Gasteiger partial charge in [-0.05, 0) is 89.6 Å². The summed E-state index contributed by atoms with van der Waals surface area (Å²) in [5, 5.41) is 0. The second kappa shape index (κ2) is 27.3. The van der Waals surface area contributed by atoms with Crippen molar-refractivity contribution < 1.29 is 0 Å². The van der Waals surface area contributed by atoms with Crippen LogP contribution in [0.15, 0.2) is 125 Å². The van der Waals surface area contributed by atoms with Crippen LogP contribution in [0.3, 0.4) is 0 Å². The lowest BCUT2D eigenvalue weighted by atomic mass is 10.0. The minimum absolute atomic E-state index is 0.823. The highest BCUT2D eigenvalue weighted by atomic mass is 14.7. The van der Waals surface area contributed by atoms with Crippen molar-refractivity contribution in [1.82, 2.24) is 4.98 Å². The lowest BCUT2D eigenvalue weighted by Gasteiger charge is -2.07. The molecule has 0 amide bonds. The van der Waals surface area contributed by atoms with E-state index < -0.39 is 0 Å². The zero-order valence-corrected chi connectivity index (χ0v) is 26.7. The molecule has 1 aliphatic rings. The first-order valence-electron chi connectivity index (χ1n) is 14.2. The molecule has 0 atom stereocenters. The zero-order chi connectivity index (χ0) is 31.3. The summed E-state index contributed by atoms with van der Waals surface area (Å²) in [6, 6.07) is 14.2. The molecule has 1 aromatic carbocycles. The summed E-state index contributed by atoms with van der Waals surface area (Å²) in [6.07, 6.45) is 25.5. The summed E-state index contributed by atoms with van der Waals surface area (Å²) in [6.45, 7) is 23.4. The van der Waals surface area contributed by atoms with Gasteiger partial charge in [0.1, 0.15) is 0 Å². The molecule has 1 aliphatic heterocycles. The van der Waals surface area contributed by atoms with Crippen LogP contribution in [0, 0.1) is 12.3 Å². The van der Waals surface area contributed by atoms with Gasteiger partial charge in [-0.25, -0.2) is 0 Å². The molecule has 3 rings (SSSR count). The fraction of sp³-hybridized carbons (Fsp3) is 0.289. The Morgan fingerprint density at radius 2 is 1.68 bits per heavy atom. The van der Waals surface area contributed by atoms with Gasteiger partial charge in [0.15, 0.2) is 0 Å². The highest BCUT2D eigenvalue weighted by molar-refractivity contribution is 5.76. The molecule has 3 nitrogen and oxygen atoms in total. The fourth-order valence-electron chi connectivity index (χ4n) is 2.99. The van der Waals surface area contributed by atoms with Gasteiger partial charge in [-0.15, -0.1) is 13.0 Å². The number of nitrogens with zero attached hydrogens (tertiary/aromatic N) is 3.